The Balaban J connectivity index is 1.92. The SMILES string of the molecule is N#Cc1ccc(-c2nc(O)c(F)c(=O)n2-c2ccc(C3CC3)cc2)cc1F. The van der Waals surface area contributed by atoms with Crippen LogP contribution in [0.4, 0.5) is 8.78 Å². The Morgan fingerprint density at radius 2 is 1.85 bits per heavy atom. The van der Waals surface area contributed by atoms with Crippen LogP contribution in [0.3, 0.4) is 0 Å². The Labute approximate surface area is 152 Å². The first-order valence-corrected chi connectivity index (χ1v) is 8.31. The van der Waals surface area contributed by atoms with Crippen LogP contribution in [0.15, 0.2) is 47.3 Å². The summed E-state index contributed by atoms with van der Waals surface area (Å²) in [6, 6.07) is 12.4. The summed E-state index contributed by atoms with van der Waals surface area (Å²) in [5.74, 6) is -2.87. The molecule has 0 amide bonds. The number of rotatable bonds is 3. The summed E-state index contributed by atoms with van der Waals surface area (Å²) >= 11 is 0. The lowest BCUT2D eigenvalue weighted by molar-refractivity contribution is 0.403. The number of aromatic hydroxyl groups is 1. The first-order valence-electron chi connectivity index (χ1n) is 8.31. The highest BCUT2D eigenvalue weighted by molar-refractivity contribution is 5.61. The van der Waals surface area contributed by atoms with Crippen LogP contribution in [-0.4, -0.2) is 14.7 Å². The van der Waals surface area contributed by atoms with E-state index in [1.165, 1.54) is 12.1 Å². The van der Waals surface area contributed by atoms with Crippen LogP contribution in [0.5, 0.6) is 5.88 Å². The van der Waals surface area contributed by atoms with E-state index in [2.05, 4.69) is 4.98 Å². The van der Waals surface area contributed by atoms with Crippen LogP contribution in [0, 0.1) is 23.0 Å². The molecule has 3 aromatic rings. The number of nitrogens with zero attached hydrogens (tertiary/aromatic N) is 3. The van der Waals surface area contributed by atoms with E-state index >= 15 is 0 Å². The van der Waals surface area contributed by atoms with E-state index in [0.717, 1.165) is 29.0 Å². The number of aromatic nitrogens is 2. The van der Waals surface area contributed by atoms with Gasteiger partial charge in [0.25, 0.3) is 11.4 Å². The fourth-order valence-electron chi connectivity index (χ4n) is 2.98. The average Bonchev–Trinajstić information content (AvgIpc) is 3.51. The second-order valence-electron chi connectivity index (χ2n) is 6.39. The summed E-state index contributed by atoms with van der Waals surface area (Å²) in [5, 5.41) is 18.5. The molecule has 1 aliphatic carbocycles. The number of hydrogen-bond donors (Lipinski definition) is 1. The van der Waals surface area contributed by atoms with Gasteiger partial charge in [-0.1, -0.05) is 12.1 Å². The van der Waals surface area contributed by atoms with Crippen LogP contribution in [-0.2, 0) is 0 Å². The molecule has 5 nitrogen and oxygen atoms in total. The monoisotopic (exact) mass is 365 g/mol. The van der Waals surface area contributed by atoms with E-state index in [9.17, 15) is 18.7 Å². The minimum Gasteiger partial charge on any atom is -0.491 e. The molecule has 0 spiro atoms. The van der Waals surface area contributed by atoms with E-state index in [4.69, 9.17) is 5.26 Å². The van der Waals surface area contributed by atoms with Crippen LogP contribution >= 0.6 is 0 Å². The van der Waals surface area contributed by atoms with Gasteiger partial charge in [0.2, 0.25) is 5.82 Å². The number of benzene rings is 2. The molecule has 7 heteroatoms. The molecule has 1 N–H and O–H groups in total. The standard InChI is InChI=1S/C20H13F2N3O2/c21-16-9-13(3-4-14(16)10-23)18-24-19(26)17(22)20(27)25(18)15-7-5-12(6-8-15)11-1-2-11/h3-9,11,26H,1-2H2. The van der Waals surface area contributed by atoms with Crippen molar-refractivity contribution in [2.45, 2.75) is 18.8 Å². The lowest BCUT2D eigenvalue weighted by atomic mass is 10.1. The van der Waals surface area contributed by atoms with E-state index in [1.54, 1.807) is 18.2 Å². The molecular weight excluding hydrogens is 352 g/mol. The molecule has 1 heterocycles. The van der Waals surface area contributed by atoms with Crippen LogP contribution in [0.1, 0.15) is 29.9 Å². The van der Waals surface area contributed by atoms with E-state index in [-0.39, 0.29) is 17.0 Å². The highest BCUT2D eigenvalue weighted by Crippen LogP contribution is 2.40. The van der Waals surface area contributed by atoms with Crippen LogP contribution < -0.4 is 5.56 Å². The van der Waals surface area contributed by atoms with Gasteiger partial charge in [0.05, 0.1) is 11.3 Å². The normalized spacial score (nSPS) is 13.4. The molecule has 4 rings (SSSR count). The van der Waals surface area contributed by atoms with E-state index < -0.39 is 23.1 Å². The highest BCUT2D eigenvalue weighted by Gasteiger charge is 2.24. The summed E-state index contributed by atoms with van der Waals surface area (Å²) in [6.07, 6.45) is 2.23. The van der Waals surface area contributed by atoms with Gasteiger partial charge in [0, 0.05) is 5.56 Å². The van der Waals surface area contributed by atoms with Crippen molar-refractivity contribution in [1.82, 2.24) is 9.55 Å². The molecule has 1 aliphatic rings. The van der Waals surface area contributed by atoms with Gasteiger partial charge in [-0.2, -0.15) is 14.6 Å². The molecule has 1 fully saturated rings. The van der Waals surface area contributed by atoms with Gasteiger partial charge >= 0.3 is 0 Å². The third-order valence-electron chi connectivity index (χ3n) is 4.56. The van der Waals surface area contributed by atoms with Crippen molar-refractivity contribution in [3.8, 4) is 29.0 Å². The van der Waals surface area contributed by atoms with Crippen LogP contribution in [0.2, 0.25) is 0 Å². The molecular formula is C20H13F2N3O2. The Morgan fingerprint density at radius 3 is 2.44 bits per heavy atom. The Bertz CT molecular complexity index is 1140. The molecule has 27 heavy (non-hydrogen) atoms. The molecule has 0 atom stereocenters. The van der Waals surface area contributed by atoms with Gasteiger partial charge in [-0.25, -0.2) is 4.39 Å². The van der Waals surface area contributed by atoms with Crippen molar-refractivity contribution in [2.75, 3.05) is 0 Å². The molecule has 134 valence electrons. The minimum absolute atomic E-state index is 0.124. The fraction of sp³-hybridized carbons (Fsp3) is 0.150. The van der Waals surface area contributed by atoms with Crippen molar-refractivity contribution in [1.29, 1.82) is 5.26 Å². The predicted molar refractivity (Wildman–Crippen MR) is 93.5 cm³/mol. The molecule has 2 aromatic carbocycles. The average molecular weight is 365 g/mol. The zero-order valence-electron chi connectivity index (χ0n) is 14.0. The summed E-state index contributed by atoms with van der Waals surface area (Å²) < 4.78 is 29.0. The van der Waals surface area contributed by atoms with Crippen molar-refractivity contribution < 1.29 is 13.9 Å². The first kappa shape index (κ1) is 16.9. The van der Waals surface area contributed by atoms with Crippen molar-refractivity contribution in [3.63, 3.8) is 0 Å². The summed E-state index contributed by atoms with van der Waals surface area (Å²) in [5.41, 5.74) is 0.333. The van der Waals surface area contributed by atoms with Crippen molar-refractivity contribution in [2.24, 2.45) is 0 Å². The lowest BCUT2D eigenvalue weighted by Gasteiger charge is -2.14. The third-order valence-corrected chi connectivity index (χ3v) is 4.56. The Hall–Kier alpha value is -3.53. The van der Waals surface area contributed by atoms with Gasteiger partial charge in [0.15, 0.2) is 5.82 Å². The molecule has 0 bridgehead atoms. The molecule has 0 radical (unpaired) electrons. The largest absolute Gasteiger partial charge is 0.491 e. The van der Waals surface area contributed by atoms with Gasteiger partial charge in [-0.3, -0.25) is 9.36 Å². The van der Waals surface area contributed by atoms with Crippen molar-refractivity contribution >= 4 is 0 Å². The molecule has 1 aromatic heterocycles. The first-order chi connectivity index (χ1) is 13.0. The number of hydrogen-bond acceptors (Lipinski definition) is 4. The van der Waals surface area contributed by atoms with E-state index in [0.29, 0.717) is 11.6 Å². The Kier molecular flexibility index (Phi) is 3.96. The summed E-state index contributed by atoms with van der Waals surface area (Å²) in [7, 11) is 0. The zero-order valence-corrected chi connectivity index (χ0v) is 14.0. The Morgan fingerprint density at radius 1 is 1.15 bits per heavy atom. The predicted octanol–water partition coefficient (Wildman–Crippen LogP) is 3.63. The van der Waals surface area contributed by atoms with Gasteiger partial charge < -0.3 is 5.11 Å². The second-order valence-corrected chi connectivity index (χ2v) is 6.39. The number of nitriles is 1. The van der Waals surface area contributed by atoms with Crippen LogP contribution in [0.25, 0.3) is 17.1 Å². The van der Waals surface area contributed by atoms with Crippen molar-refractivity contribution in [3.05, 3.63) is 75.6 Å². The molecule has 0 saturated heterocycles. The third kappa shape index (κ3) is 2.95. The maximum absolute atomic E-state index is 14.0. The topological polar surface area (TPSA) is 78.9 Å². The molecule has 0 aliphatic heterocycles. The maximum Gasteiger partial charge on any atom is 0.298 e. The summed E-state index contributed by atoms with van der Waals surface area (Å²) in [4.78, 5) is 16.2. The molecule has 0 unspecified atom stereocenters. The smallest absolute Gasteiger partial charge is 0.298 e. The minimum atomic E-state index is -1.39. The number of halogens is 2. The fourth-order valence-corrected chi connectivity index (χ4v) is 2.98. The lowest BCUT2D eigenvalue weighted by Crippen LogP contribution is -2.24. The molecule has 1 saturated carbocycles. The summed E-state index contributed by atoms with van der Waals surface area (Å²) in [6.45, 7) is 0. The van der Waals surface area contributed by atoms with Gasteiger partial charge in [-0.05, 0) is 54.7 Å². The highest BCUT2D eigenvalue weighted by atomic mass is 19.1. The zero-order chi connectivity index (χ0) is 19.1. The quantitative estimate of drug-likeness (QED) is 0.769. The maximum atomic E-state index is 14.0. The van der Waals surface area contributed by atoms with Gasteiger partial charge in [-0.15, -0.1) is 0 Å². The second kappa shape index (κ2) is 6.32. The van der Waals surface area contributed by atoms with E-state index in [1.807, 2.05) is 12.1 Å². The van der Waals surface area contributed by atoms with Gasteiger partial charge in [0.1, 0.15) is 11.9 Å².